The number of ether oxygens (including phenoxy) is 1. The molecule has 0 spiro atoms. The lowest BCUT2D eigenvalue weighted by Crippen LogP contribution is -2.27. The molecular weight excluding hydrogens is 210 g/mol. The number of urea groups is 1. The van der Waals surface area contributed by atoms with Crippen molar-refractivity contribution in [2.24, 2.45) is 10.8 Å². The minimum atomic E-state index is -0.833. The third kappa shape index (κ3) is 3.79. The third-order valence-electron chi connectivity index (χ3n) is 1.53. The van der Waals surface area contributed by atoms with Gasteiger partial charge in [0, 0.05) is 12.5 Å². The number of amides is 2. The van der Waals surface area contributed by atoms with Crippen LogP contribution in [0.3, 0.4) is 0 Å². The van der Waals surface area contributed by atoms with Crippen molar-refractivity contribution in [2.45, 2.75) is 6.92 Å². The van der Waals surface area contributed by atoms with Crippen molar-refractivity contribution in [3.8, 4) is 0 Å². The molecule has 0 aromatic heterocycles. The number of esters is 1. The number of nitrogens with zero attached hydrogens (tertiary/aromatic N) is 1. The highest BCUT2D eigenvalue weighted by molar-refractivity contribution is 6.00. The molecule has 0 aliphatic carbocycles. The first kappa shape index (κ1) is 11.7. The van der Waals surface area contributed by atoms with Gasteiger partial charge in [0.05, 0.1) is 0 Å². The molecule has 0 atom stereocenters. The van der Waals surface area contributed by atoms with E-state index in [0.717, 1.165) is 0 Å². The van der Waals surface area contributed by atoms with E-state index in [9.17, 15) is 9.59 Å². The summed E-state index contributed by atoms with van der Waals surface area (Å²) in [5.41, 5.74) is 7.41. The molecule has 1 aromatic rings. The normalized spacial score (nSPS) is 10.7. The van der Waals surface area contributed by atoms with Crippen LogP contribution in [0.1, 0.15) is 12.5 Å². The fourth-order valence-electron chi connectivity index (χ4n) is 0.969. The summed E-state index contributed by atoms with van der Waals surface area (Å²) < 4.78 is 4.83. The second-order valence-electron chi connectivity index (χ2n) is 2.85. The largest absolute Gasteiger partial charge is 0.405 e. The molecule has 0 bridgehead atoms. The van der Waals surface area contributed by atoms with E-state index in [1.54, 1.807) is 30.3 Å². The molecular formula is C10H11N3O3. The number of hydrazone groups is 1. The van der Waals surface area contributed by atoms with Gasteiger partial charge in [0.15, 0.2) is 0 Å². The van der Waals surface area contributed by atoms with Crippen molar-refractivity contribution >= 4 is 17.9 Å². The molecule has 0 fully saturated rings. The first-order chi connectivity index (χ1) is 7.59. The van der Waals surface area contributed by atoms with Gasteiger partial charge < -0.3 is 10.5 Å². The summed E-state index contributed by atoms with van der Waals surface area (Å²) in [5, 5.41) is 3.58. The van der Waals surface area contributed by atoms with Crippen LogP contribution in [0.4, 0.5) is 4.79 Å². The minimum absolute atomic E-state index is 0.00750. The van der Waals surface area contributed by atoms with Crippen molar-refractivity contribution in [2.75, 3.05) is 0 Å². The average Bonchev–Trinajstić information content (AvgIpc) is 2.25. The van der Waals surface area contributed by atoms with Crippen LogP contribution in [0.2, 0.25) is 0 Å². The predicted molar refractivity (Wildman–Crippen MR) is 57.5 cm³/mol. The minimum Gasteiger partial charge on any atom is -0.405 e. The molecule has 0 aliphatic heterocycles. The number of carbonyl (C=O) groups excluding carboxylic acids is 2. The quantitative estimate of drug-likeness (QED) is 0.331. The van der Waals surface area contributed by atoms with Gasteiger partial charge in [-0.3, -0.25) is 4.79 Å². The maximum absolute atomic E-state index is 10.8. The maximum atomic E-state index is 10.8. The highest BCUT2D eigenvalue weighted by atomic mass is 16.5. The molecule has 0 saturated heterocycles. The monoisotopic (exact) mass is 221 g/mol. The zero-order valence-corrected chi connectivity index (χ0v) is 8.64. The predicted octanol–water partition coefficient (Wildman–Crippen LogP) is 0.580. The summed E-state index contributed by atoms with van der Waals surface area (Å²) in [7, 11) is 0. The van der Waals surface area contributed by atoms with Gasteiger partial charge in [-0.05, 0) is 12.1 Å². The van der Waals surface area contributed by atoms with Gasteiger partial charge in [0.2, 0.25) is 5.90 Å². The van der Waals surface area contributed by atoms with E-state index in [-0.39, 0.29) is 5.90 Å². The van der Waals surface area contributed by atoms with Crippen molar-refractivity contribution in [3.05, 3.63) is 35.9 Å². The lowest BCUT2D eigenvalue weighted by atomic mass is 10.2. The van der Waals surface area contributed by atoms with Crippen LogP contribution >= 0.6 is 0 Å². The van der Waals surface area contributed by atoms with E-state index in [1.807, 2.05) is 5.43 Å². The Balaban J connectivity index is 2.91. The Bertz CT molecular complexity index is 415. The number of nitrogens with one attached hydrogen (secondary N) is 1. The zero-order valence-electron chi connectivity index (χ0n) is 8.64. The summed E-state index contributed by atoms with van der Waals surface area (Å²) in [6, 6.07) is 7.84. The van der Waals surface area contributed by atoms with E-state index < -0.39 is 12.0 Å². The fraction of sp³-hybridized carbons (Fsp3) is 0.100. The maximum Gasteiger partial charge on any atom is 0.332 e. The molecule has 0 unspecified atom stereocenters. The molecule has 6 heteroatoms. The van der Waals surface area contributed by atoms with Crippen LogP contribution < -0.4 is 11.2 Å². The van der Waals surface area contributed by atoms with E-state index in [4.69, 9.17) is 10.5 Å². The second kappa shape index (κ2) is 5.50. The van der Waals surface area contributed by atoms with Gasteiger partial charge in [-0.2, -0.15) is 0 Å². The molecule has 3 N–H and O–H groups in total. The van der Waals surface area contributed by atoms with Crippen molar-refractivity contribution < 1.29 is 14.3 Å². The van der Waals surface area contributed by atoms with Crippen LogP contribution in [-0.2, 0) is 9.53 Å². The Morgan fingerprint density at radius 3 is 2.44 bits per heavy atom. The van der Waals surface area contributed by atoms with Crippen molar-refractivity contribution in [3.63, 3.8) is 0 Å². The van der Waals surface area contributed by atoms with Gasteiger partial charge in [0.1, 0.15) is 0 Å². The number of hydrogen-bond donors (Lipinski definition) is 2. The Morgan fingerprint density at radius 2 is 1.94 bits per heavy atom. The van der Waals surface area contributed by atoms with E-state index >= 15 is 0 Å². The topological polar surface area (TPSA) is 93.8 Å². The Labute approximate surface area is 92.1 Å². The third-order valence-corrected chi connectivity index (χ3v) is 1.53. The smallest absolute Gasteiger partial charge is 0.332 e. The highest BCUT2D eigenvalue weighted by Crippen LogP contribution is 2.02. The van der Waals surface area contributed by atoms with E-state index in [1.165, 1.54) is 6.92 Å². The molecule has 84 valence electrons. The standard InChI is InChI=1S/C10H11N3O3/c1-7(14)16-9(12-13-10(11)15)8-5-3-2-4-6-8/h2-6H,1H3,(H3,11,13,15)/b12-9+. The molecule has 0 radical (unpaired) electrons. The summed E-state index contributed by atoms with van der Waals surface area (Å²) in [4.78, 5) is 21.3. The molecule has 1 rings (SSSR count). The van der Waals surface area contributed by atoms with Gasteiger partial charge >= 0.3 is 12.0 Å². The number of primary amides is 1. The number of rotatable bonds is 2. The van der Waals surface area contributed by atoms with Crippen molar-refractivity contribution in [1.29, 1.82) is 0 Å². The van der Waals surface area contributed by atoms with Crippen LogP contribution in [-0.4, -0.2) is 17.9 Å². The molecule has 0 saturated carbocycles. The SMILES string of the molecule is CC(=O)O/C(=N/NC(N)=O)c1ccccc1. The number of nitrogens with two attached hydrogens (primary N) is 1. The Kier molecular flexibility index (Phi) is 4.02. The molecule has 16 heavy (non-hydrogen) atoms. The average molecular weight is 221 g/mol. The lowest BCUT2D eigenvalue weighted by molar-refractivity contribution is -0.132. The lowest BCUT2D eigenvalue weighted by Gasteiger charge is -2.05. The molecule has 0 aliphatic rings. The molecule has 2 amide bonds. The number of hydrogen-bond acceptors (Lipinski definition) is 4. The fourth-order valence-corrected chi connectivity index (χ4v) is 0.969. The summed E-state index contributed by atoms with van der Waals surface area (Å²) in [6.45, 7) is 1.24. The van der Waals surface area contributed by atoms with Crippen LogP contribution in [0, 0.1) is 0 Å². The first-order valence-corrected chi connectivity index (χ1v) is 4.46. The summed E-state index contributed by atoms with van der Waals surface area (Å²) in [5.74, 6) is -0.541. The zero-order chi connectivity index (χ0) is 12.0. The van der Waals surface area contributed by atoms with Gasteiger partial charge in [-0.25, -0.2) is 10.2 Å². The van der Waals surface area contributed by atoms with Gasteiger partial charge in [0.25, 0.3) is 0 Å². The second-order valence-corrected chi connectivity index (χ2v) is 2.85. The Morgan fingerprint density at radius 1 is 1.31 bits per heavy atom. The summed E-state index contributed by atoms with van der Waals surface area (Å²) >= 11 is 0. The Hall–Kier alpha value is -2.37. The molecule has 1 aromatic carbocycles. The van der Waals surface area contributed by atoms with Crippen LogP contribution in [0.25, 0.3) is 0 Å². The van der Waals surface area contributed by atoms with E-state index in [0.29, 0.717) is 5.56 Å². The van der Waals surface area contributed by atoms with Gasteiger partial charge in [-0.1, -0.05) is 18.2 Å². The molecule has 0 heterocycles. The molecule has 6 nitrogen and oxygen atoms in total. The number of benzene rings is 1. The highest BCUT2D eigenvalue weighted by Gasteiger charge is 2.07. The number of carbonyl (C=O) groups is 2. The van der Waals surface area contributed by atoms with E-state index in [2.05, 4.69) is 5.10 Å². The summed E-state index contributed by atoms with van der Waals surface area (Å²) in [6.07, 6.45) is 0. The first-order valence-electron chi connectivity index (χ1n) is 4.46. The van der Waals surface area contributed by atoms with Crippen LogP contribution in [0.5, 0.6) is 0 Å². The van der Waals surface area contributed by atoms with Crippen molar-refractivity contribution in [1.82, 2.24) is 5.43 Å². The van der Waals surface area contributed by atoms with Crippen LogP contribution in [0.15, 0.2) is 35.4 Å². The van der Waals surface area contributed by atoms with Gasteiger partial charge in [-0.15, -0.1) is 5.10 Å².